The van der Waals surface area contributed by atoms with Gasteiger partial charge in [0, 0.05) is 37.3 Å². The van der Waals surface area contributed by atoms with Gasteiger partial charge in [-0.2, -0.15) is 0 Å². The third-order valence-corrected chi connectivity index (χ3v) is 24.3. The van der Waals surface area contributed by atoms with Crippen LogP contribution in [0.3, 0.4) is 0 Å². The normalized spacial score (nSPS) is 16.8. The molecule has 0 aliphatic carbocycles. The van der Waals surface area contributed by atoms with E-state index in [4.69, 9.17) is 34.0 Å². The number of esters is 1. The number of aromatic nitrogens is 8. The Morgan fingerprint density at radius 3 is 1.06 bits per heavy atom. The van der Waals surface area contributed by atoms with Gasteiger partial charge in [0.1, 0.15) is 58.7 Å². The van der Waals surface area contributed by atoms with Crippen molar-refractivity contribution in [1.29, 1.82) is 0 Å². The summed E-state index contributed by atoms with van der Waals surface area (Å²) in [5.74, 6) is -1.60. The molecule has 0 saturated carbocycles. The Balaban J connectivity index is 0.000000193. The van der Waals surface area contributed by atoms with Crippen LogP contribution < -0.4 is 16.0 Å². The lowest BCUT2D eigenvalue weighted by Crippen LogP contribution is -2.51. The zero-order valence-electron chi connectivity index (χ0n) is 75.4. The smallest absolute Gasteiger partial charge is 0.410 e. The van der Waals surface area contributed by atoms with Crippen LogP contribution in [0.5, 0.6) is 0 Å². The van der Waals surface area contributed by atoms with Crippen molar-refractivity contribution < 1.29 is 80.7 Å². The number of carbonyl (C=O) groups excluding carboxylic acids is 8. The van der Waals surface area contributed by atoms with Crippen molar-refractivity contribution in [3.05, 3.63) is 241 Å². The number of H-pyrrole nitrogens is 4. The van der Waals surface area contributed by atoms with Crippen molar-refractivity contribution >= 4 is 75.6 Å². The molecular formula is C101H113F2N15O15. The third kappa shape index (κ3) is 22.7. The Bertz CT molecular complexity index is 6150. The third-order valence-electron chi connectivity index (χ3n) is 24.3. The number of imidazole rings is 4. The number of ether oxygens (including phenoxy) is 5. The summed E-state index contributed by atoms with van der Waals surface area (Å²) in [5.41, 5.74) is 12.0. The van der Waals surface area contributed by atoms with Gasteiger partial charge in [-0.15, -0.1) is 0 Å². The van der Waals surface area contributed by atoms with Crippen molar-refractivity contribution in [2.75, 3.05) is 54.6 Å². The van der Waals surface area contributed by atoms with Gasteiger partial charge in [0.2, 0.25) is 11.8 Å². The summed E-state index contributed by atoms with van der Waals surface area (Å²) < 4.78 is 50.7. The number of halogens is 2. The first-order chi connectivity index (χ1) is 63.4. The van der Waals surface area contributed by atoms with E-state index in [1.165, 1.54) is 64.8 Å². The van der Waals surface area contributed by atoms with Crippen molar-refractivity contribution in [1.82, 2.24) is 75.4 Å². The van der Waals surface area contributed by atoms with Gasteiger partial charge >= 0.3 is 36.3 Å². The minimum atomic E-state index is -1.14. The Kier molecular flexibility index (Phi) is 30.7. The van der Waals surface area contributed by atoms with Crippen LogP contribution in [-0.2, 0) is 47.7 Å². The van der Waals surface area contributed by atoms with Crippen LogP contribution in [0.15, 0.2) is 195 Å². The standard InChI is InChI=1S/C47H49FN8O6.C42H49N7O5.C11H11FO4.CH4/c1-27(2)40(53-46(59)61-3)44(57)55-21-5-7-38(55)43-50-26-37(52-43)34-16-15-32-23-31(13-14-33(32)24-34)28-9-11-29(12-10-28)36-25-49-42(51-36)39-8-6-22-56(39)45(58)41(54-47(60)62-4)30-17-19-35(48)20-18-30;1-25(2)36(47-40(51)53-6)39(50)48-19-7-9-34(48)37-44-24-33(46-37)31-18-17-29-21-28(15-16-30(29)22-31)26-11-13-27(14-12-26)32-23-43-38(45-32)35-10-8-20-49(35)41(52)54-42(3,4)5;1-16-10(13)6-9(11(14)15)7-2-4-8(12)5-3-7;/h9-20,23-27,38-41H,5-8,21-22H2,1-4H3,(H,49,51)(H,50,52)(H,53,59)(H,54,60);11-18,21-25,34-36H,7-10,19-20H2,1-6H3,(H,43,45)(H,44,46)(H,47,51);2-5,9H,6H2,1H3,(H,14,15);1H4/t38-,39-,40-,41-;34-,35-,36-;9-;/m000./s1. The molecule has 7 amide bonds. The van der Waals surface area contributed by atoms with E-state index in [2.05, 4.69) is 160 Å². The maximum absolute atomic E-state index is 13.9. The van der Waals surface area contributed by atoms with Crippen LogP contribution in [0.4, 0.5) is 28.0 Å². The van der Waals surface area contributed by atoms with Gasteiger partial charge in [-0.1, -0.05) is 156 Å². The molecule has 0 spiro atoms. The average Bonchev–Trinajstić information content (AvgIpc) is 1.77. The molecule has 4 aromatic heterocycles. The number of likely N-dealkylation sites (tertiary alicyclic amines) is 4. The van der Waals surface area contributed by atoms with Gasteiger partial charge in [0.05, 0.1) is 113 Å². The van der Waals surface area contributed by atoms with Gasteiger partial charge < -0.3 is 79.4 Å². The summed E-state index contributed by atoms with van der Waals surface area (Å²) in [6.45, 7) is 15.6. The number of amides is 7. The minimum absolute atomic E-state index is 0. The summed E-state index contributed by atoms with van der Waals surface area (Å²) in [6, 6.07) is 49.3. The molecule has 696 valence electrons. The molecule has 4 saturated heterocycles. The summed E-state index contributed by atoms with van der Waals surface area (Å²) >= 11 is 0. The molecule has 8 heterocycles. The van der Waals surface area contributed by atoms with Crippen LogP contribution in [0.1, 0.15) is 184 Å². The fourth-order valence-electron chi connectivity index (χ4n) is 17.3. The molecule has 0 radical (unpaired) electrons. The number of carboxylic acids is 1. The average molecular weight is 1820 g/mol. The largest absolute Gasteiger partial charge is 0.481 e. The van der Waals surface area contributed by atoms with Crippen molar-refractivity contribution in [3.63, 3.8) is 0 Å². The first-order valence-corrected chi connectivity index (χ1v) is 44.2. The van der Waals surface area contributed by atoms with Crippen LogP contribution in [0, 0.1) is 23.5 Å². The predicted molar refractivity (Wildman–Crippen MR) is 498 cm³/mol. The van der Waals surface area contributed by atoms with Gasteiger partial charge in [-0.3, -0.25) is 28.9 Å². The van der Waals surface area contributed by atoms with E-state index in [-0.39, 0.29) is 73.7 Å². The Morgan fingerprint density at radius 2 is 0.714 bits per heavy atom. The molecular weight excluding hydrogens is 1700 g/mol. The summed E-state index contributed by atoms with van der Waals surface area (Å²) in [6.07, 6.45) is 11.1. The molecule has 32 heteroatoms. The van der Waals surface area contributed by atoms with E-state index >= 15 is 0 Å². The lowest BCUT2D eigenvalue weighted by Gasteiger charge is -2.30. The number of nitrogens with zero attached hydrogens (tertiary/aromatic N) is 8. The molecule has 16 rings (SSSR count). The van der Waals surface area contributed by atoms with E-state index < -0.39 is 71.5 Å². The van der Waals surface area contributed by atoms with E-state index in [0.717, 1.165) is 158 Å². The number of hydrogen-bond acceptors (Lipinski definition) is 18. The number of fused-ring (bicyclic) bond motifs is 2. The number of hydrogen-bond donors (Lipinski definition) is 8. The highest BCUT2D eigenvalue weighted by molar-refractivity contribution is 5.94. The second-order valence-corrected chi connectivity index (χ2v) is 34.9. The summed E-state index contributed by atoms with van der Waals surface area (Å²) in [5, 5.41) is 21.3. The number of nitrogens with one attached hydrogen (secondary N) is 7. The maximum Gasteiger partial charge on any atom is 0.410 e. The topological polar surface area (TPSA) is 384 Å². The number of benzene rings is 8. The number of rotatable bonds is 23. The number of carbonyl (C=O) groups is 9. The van der Waals surface area contributed by atoms with Gasteiger partial charge in [0.15, 0.2) is 0 Å². The lowest BCUT2D eigenvalue weighted by molar-refractivity contribution is -0.147. The first kappa shape index (κ1) is 96.0. The molecule has 8 N–H and O–H groups in total. The van der Waals surface area contributed by atoms with Crippen LogP contribution in [-0.4, -0.2) is 191 Å². The molecule has 12 aromatic rings. The minimum Gasteiger partial charge on any atom is -0.481 e. The van der Waals surface area contributed by atoms with Crippen LogP contribution >= 0.6 is 0 Å². The Labute approximate surface area is 769 Å². The summed E-state index contributed by atoms with van der Waals surface area (Å²) in [7, 11) is 5.00. The van der Waals surface area contributed by atoms with Crippen molar-refractivity contribution in [3.8, 4) is 67.3 Å². The van der Waals surface area contributed by atoms with E-state index in [0.29, 0.717) is 55.4 Å². The predicted octanol–water partition coefficient (Wildman–Crippen LogP) is 18.8. The quantitative estimate of drug-likeness (QED) is 0.0218. The number of methoxy groups -OCH3 is 4. The highest BCUT2D eigenvalue weighted by Crippen LogP contribution is 2.41. The number of aliphatic carboxylic acids is 1. The number of carboxylic acid groups (broad SMARTS) is 1. The molecule has 4 aliphatic heterocycles. The highest BCUT2D eigenvalue weighted by atomic mass is 19.1. The van der Waals surface area contributed by atoms with Crippen LogP contribution in [0.2, 0.25) is 0 Å². The van der Waals surface area contributed by atoms with E-state index in [1.54, 1.807) is 20.9 Å². The zero-order valence-corrected chi connectivity index (χ0v) is 75.4. The molecule has 4 fully saturated rings. The van der Waals surface area contributed by atoms with E-state index in [9.17, 15) is 51.9 Å². The Hall–Kier alpha value is -14.6. The molecule has 133 heavy (non-hydrogen) atoms. The SMILES string of the molecule is C.COC(=O)C[C@H](C(=O)O)c1ccc(F)cc1.COC(=O)N[C@H](C(=O)N1CCC[C@H]1c1ncc(-c2ccc(-c3ccc4cc(-c5cnc([C@@H]6CCCN6C(=O)[C@@H](NC(=O)OC)C(C)C)[nH]5)ccc4c3)cc2)[nH]1)c1ccc(F)cc1.COC(=O)N[C@H](C(=O)N1CCC[C@H]1c1ncc(-c2ccc3cc(-c4ccc(-c5cnc([C@@H]6CCCN6C(=O)OC(C)(C)C)[nH]5)cc4)ccc3c2)[nH]1)C(C)C. The molecule has 0 bridgehead atoms. The summed E-state index contributed by atoms with van der Waals surface area (Å²) in [4.78, 5) is 152. The first-order valence-electron chi connectivity index (χ1n) is 44.2. The molecule has 8 aromatic carbocycles. The fourth-order valence-corrected chi connectivity index (χ4v) is 17.3. The van der Waals surface area contributed by atoms with Gasteiger partial charge in [-0.05, 0) is 199 Å². The highest BCUT2D eigenvalue weighted by Gasteiger charge is 2.42. The molecule has 0 unspecified atom stereocenters. The number of alkyl carbamates (subject to hydrolysis) is 3. The van der Waals surface area contributed by atoms with Gasteiger partial charge in [0.25, 0.3) is 5.91 Å². The zero-order chi connectivity index (χ0) is 93.8. The fraction of sp³-hybridized carbons (Fsp3) is 0.356. The second kappa shape index (κ2) is 42.5. The Morgan fingerprint density at radius 1 is 0.406 bits per heavy atom. The van der Waals surface area contributed by atoms with Crippen molar-refractivity contribution in [2.45, 2.75) is 167 Å². The van der Waals surface area contributed by atoms with Gasteiger partial charge in [-0.25, -0.2) is 47.9 Å². The monoisotopic (exact) mass is 1810 g/mol. The lowest BCUT2D eigenvalue weighted by atomic mass is 9.96. The van der Waals surface area contributed by atoms with Crippen LogP contribution in [0.25, 0.3) is 88.8 Å². The second-order valence-electron chi connectivity index (χ2n) is 34.9. The molecule has 8 atom stereocenters. The molecule has 4 aliphatic rings. The van der Waals surface area contributed by atoms with E-state index in [1.807, 2.05) is 84.1 Å². The maximum atomic E-state index is 13.9. The molecule has 30 nitrogen and oxygen atoms in total. The number of aromatic amines is 4. The van der Waals surface area contributed by atoms with Crippen molar-refractivity contribution in [2.24, 2.45) is 11.8 Å².